The van der Waals surface area contributed by atoms with Crippen molar-refractivity contribution in [2.45, 2.75) is 53.0 Å². The second-order valence-corrected chi connectivity index (χ2v) is 8.30. The van der Waals surface area contributed by atoms with Gasteiger partial charge in [-0.3, -0.25) is 13.9 Å². The van der Waals surface area contributed by atoms with Crippen LogP contribution in [-0.2, 0) is 13.0 Å². The van der Waals surface area contributed by atoms with Crippen LogP contribution in [0.15, 0.2) is 53.3 Å². The maximum atomic E-state index is 13.8. The second kappa shape index (κ2) is 8.19. The number of rotatable bonds is 6. The van der Waals surface area contributed by atoms with Crippen molar-refractivity contribution in [2.24, 2.45) is 0 Å². The first-order chi connectivity index (χ1) is 15.6. The van der Waals surface area contributed by atoms with E-state index in [9.17, 15) is 4.79 Å². The summed E-state index contributed by atoms with van der Waals surface area (Å²) in [5, 5.41) is 0.549. The number of hydrogen-bond acceptors (Lipinski definition) is 4. The lowest BCUT2D eigenvalue weighted by Gasteiger charge is -2.12. The first kappa shape index (κ1) is 20.4. The molecule has 6 heteroatoms. The number of benzene rings is 2. The van der Waals surface area contributed by atoms with E-state index in [0.29, 0.717) is 35.2 Å². The van der Waals surface area contributed by atoms with Crippen LogP contribution in [0.5, 0.6) is 0 Å². The van der Waals surface area contributed by atoms with Gasteiger partial charge in [0.2, 0.25) is 0 Å². The Morgan fingerprint density at radius 3 is 2.25 bits per heavy atom. The molecule has 0 fully saturated rings. The van der Waals surface area contributed by atoms with Crippen molar-refractivity contribution in [1.29, 1.82) is 0 Å². The monoisotopic (exact) mass is 425 g/mol. The molecular weight excluding hydrogens is 398 g/mol. The Balaban J connectivity index is 1.91. The highest BCUT2D eigenvalue weighted by Crippen LogP contribution is 2.29. The molecule has 2 aromatic carbocycles. The number of para-hydroxylation sites is 2. The molecule has 0 radical (unpaired) electrons. The summed E-state index contributed by atoms with van der Waals surface area (Å²) in [6, 6.07) is 16.0. The van der Waals surface area contributed by atoms with Gasteiger partial charge in [-0.15, -0.1) is 0 Å². The predicted molar refractivity (Wildman–Crippen MR) is 130 cm³/mol. The van der Waals surface area contributed by atoms with Crippen molar-refractivity contribution in [1.82, 2.24) is 24.1 Å². The van der Waals surface area contributed by atoms with Gasteiger partial charge < -0.3 is 0 Å². The van der Waals surface area contributed by atoms with Gasteiger partial charge in [-0.2, -0.15) is 0 Å². The number of hydrogen-bond donors (Lipinski definition) is 0. The number of aryl methyl sites for hydroxylation is 2. The average molecular weight is 426 g/mol. The largest absolute Gasteiger partial charge is 0.296 e. The minimum absolute atomic E-state index is 0.0246. The Kier molecular flexibility index (Phi) is 5.21. The van der Waals surface area contributed by atoms with Crippen LogP contribution in [-0.4, -0.2) is 24.1 Å². The molecule has 0 aliphatic rings. The van der Waals surface area contributed by atoms with Crippen molar-refractivity contribution in [2.75, 3.05) is 0 Å². The second-order valence-electron chi connectivity index (χ2n) is 8.30. The lowest BCUT2D eigenvalue weighted by Crippen LogP contribution is -2.25. The molecule has 3 heterocycles. The Bertz CT molecular complexity index is 1500. The molecule has 5 rings (SSSR count). The lowest BCUT2D eigenvalue weighted by atomic mass is 10.2. The molecule has 3 aromatic heterocycles. The summed E-state index contributed by atoms with van der Waals surface area (Å²) in [4.78, 5) is 28.6. The topological polar surface area (TPSA) is 65.6 Å². The highest BCUT2D eigenvalue weighted by molar-refractivity contribution is 6.05. The first-order valence-corrected chi connectivity index (χ1v) is 11.4. The average Bonchev–Trinajstić information content (AvgIpc) is 3.12. The maximum absolute atomic E-state index is 13.8. The van der Waals surface area contributed by atoms with Gasteiger partial charge in [-0.25, -0.2) is 15.0 Å². The molecule has 0 N–H and O–H groups in total. The summed E-state index contributed by atoms with van der Waals surface area (Å²) >= 11 is 0. The van der Waals surface area contributed by atoms with Gasteiger partial charge in [0.15, 0.2) is 11.3 Å². The van der Waals surface area contributed by atoms with Crippen molar-refractivity contribution in [3.05, 3.63) is 70.3 Å². The van der Waals surface area contributed by atoms with Crippen LogP contribution < -0.4 is 5.56 Å². The summed E-state index contributed by atoms with van der Waals surface area (Å²) < 4.78 is 3.83. The molecule has 6 nitrogen and oxygen atoms in total. The Hall–Kier alpha value is -3.54. The number of fused-ring (bicyclic) bond motifs is 4. The van der Waals surface area contributed by atoms with Crippen LogP contribution in [0.3, 0.4) is 0 Å². The molecule has 0 saturated heterocycles. The summed E-state index contributed by atoms with van der Waals surface area (Å²) in [6.07, 6.45) is 3.84. The molecule has 0 bridgehead atoms. The Morgan fingerprint density at radius 1 is 0.844 bits per heavy atom. The zero-order valence-electron chi connectivity index (χ0n) is 18.8. The molecular formula is C26H27N5O. The smallest absolute Gasteiger partial charge is 0.265 e. The van der Waals surface area contributed by atoms with E-state index >= 15 is 0 Å². The highest BCUT2D eigenvalue weighted by atomic mass is 16.1. The van der Waals surface area contributed by atoms with E-state index in [1.54, 1.807) is 0 Å². The van der Waals surface area contributed by atoms with Gasteiger partial charge in [0.05, 0.1) is 11.0 Å². The summed E-state index contributed by atoms with van der Waals surface area (Å²) in [5.41, 5.74) is 5.57. The third kappa shape index (κ3) is 3.27. The molecule has 32 heavy (non-hydrogen) atoms. The standard InChI is InChI=1S/C26H27N5O/c1-4-6-9-16-30-21(5-2)29-24-22(26(30)32)23-25(28-20-11-8-7-10-19(20)27-23)31(24)18-14-12-17(3)13-15-18/h7-8,10-15H,4-6,9,16H2,1-3H3. The fourth-order valence-corrected chi connectivity index (χ4v) is 4.33. The molecule has 0 saturated carbocycles. The third-order valence-electron chi connectivity index (χ3n) is 6.04. The molecule has 0 aliphatic carbocycles. The lowest BCUT2D eigenvalue weighted by molar-refractivity contribution is 0.560. The summed E-state index contributed by atoms with van der Waals surface area (Å²) in [6.45, 7) is 6.96. The minimum Gasteiger partial charge on any atom is -0.296 e. The van der Waals surface area contributed by atoms with E-state index in [-0.39, 0.29) is 5.56 Å². The number of aromatic nitrogens is 5. The minimum atomic E-state index is -0.0246. The number of unbranched alkanes of at least 4 members (excludes halogenated alkanes) is 2. The van der Waals surface area contributed by atoms with Crippen molar-refractivity contribution in [3.63, 3.8) is 0 Å². The van der Waals surface area contributed by atoms with E-state index in [0.717, 1.165) is 41.8 Å². The van der Waals surface area contributed by atoms with Crippen LogP contribution >= 0.6 is 0 Å². The van der Waals surface area contributed by atoms with Crippen LogP contribution in [0.1, 0.15) is 44.5 Å². The zero-order chi connectivity index (χ0) is 22.2. The van der Waals surface area contributed by atoms with Crippen molar-refractivity contribution < 1.29 is 0 Å². The first-order valence-electron chi connectivity index (χ1n) is 11.4. The van der Waals surface area contributed by atoms with E-state index in [1.165, 1.54) is 5.56 Å². The number of nitrogens with zero attached hydrogens (tertiary/aromatic N) is 5. The van der Waals surface area contributed by atoms with Crippen molar-refractivity contribution >= 4 is 33.2 Å². The van der Waals surface area contributed by atoms with Crippen LogP contribution in [0.4, 0.5) is 0 Å². The molecule has 0 atom stereocenters. The Morgan fingerprint density at radius 2 is 1.56 bits per heavy atom. The third-order valence-corrected chi connectivity index (χ3v) is 6.04. The van der Waals surface area contributed by atoms with Gasteiger partial charge in [0.25, 0.3) is 5.56 Å². The zero-order valence-corrected chi connectivity index (χ0v) is 18.8. The van der Waals surface area contributed by atoms with E-state index in [4.69, 9.17) is 15.0 Å². The van der Waals surface area contributed by atoms with E-state index in [1.807, 2.05) is 52.5 Å². The summed E-state index contributed by atoms with van der Waals surface area (Å²) in [7, 11) is 0. The summed E-state index contributed by atoms with van der Waals surface area (Å²) in [5.74, 6) is 0.805. The van der Waals surface area contributed by atoms with Gasteiger partial charge in [0, 0.05) is 18.7 Å². The quantitative estimate of drug-likeness (QED) is 0.344. The predicted octanol–water partition coefficient (Wildman–Crippen LogP) is 5.34. The molecule has 0 aliphatic heterocycles. The highest BCUT2D eigenvalue weighted by Gasteiger charge is 2.22. The molecule has 162 valence electrons. The normalized spacial score (nSPS) is 11.7. The van der Waals surface area contributed by atoms with E-state index < -0.39 is 0 Å². The molecule has 5 aromatic rings. The van der Waals surface area contributed by atoms with Gasteiger partial charge in [0.1, 0.15) is 16.7 Å². The van der Waals surface area contributed by atoms with Gasteiger partial charge >= 0.3 is 0 Å². The van der Waals surface area contributed by atoms with Gasteiger partial charge in [-0.05, 0) is 37.6 Å². The SMILES string of the molecule is CCCCCn1c(CC)nc2c(c1=O)c1nc3ccccc3nc1n2-c1ccc(C)cc1. The fraction of sp³-hybridized carbons (Fsp3) is 0.308. The Labute approximate surface area is 186 Å². The molecule has 0 unspecified atom stereocenters. The van der Waals surface area contributed by atoms with Crippen LogP contribution in [0.2, 0.25) is 0 Å². The fourth-order valence-electron chi connectivity index (χ4n) is 4.33. The van der Waals surface area contributed by atoms with E-state index in [2.05, 4.69) is 26.0 Å². The van der Waals surface area contributed by atoms with Crippen molar-refractivity contribution in [3.8, 4) is 5.69 Å². The molecule has 0 amide bonds. The molecule has 0 spiro atoms. The van der Waals surface area contributed by atoms with Gasteiger partial charge in [-0.1, -0.05) is 56.5 Å². The maximum Gasteiger partial charge on any atom is 0.265 e. The van der Waals surface area contributed by atoms with Crippen LogP contribution in [0, 0.1) is 6.92 Å². The van der Waals surface area contributed by atoms with Crippen LogP contribution in [0.25, 0.3) is 38.9 Å².